The first kappa shape index (κ1) is 45.0. The molecule has 15 nitrogen and oxygen atoms in total. The van der Waals surface area contributed by atoms with Crippen molar-refractivity contribution in [3.63, 3.8) is 0 Å². The number of imidazole rings is 1. The summed E-state index contributed by atoms with van der Waals surface area (Å²) < 4.78 is 0. The van der Waals surface area contributed by atoms with Gasteiger partial charge < -0.3 is 25.4 Å². The summed E-state index contributed by atoms with van der Waals surface area (Å²) in [6.07, 6.45) is 10.8. The molecule has 2 aliphatic heterocycles. The van der Waals surface area contributed by atoms with Gasteiger partial charge in [-0.1, -0.05) is 36.4 Å². The predicted octanol–water partition coefficient (Wildman–Crippen LogP) is 8.34. The van der Waals surface area contributed by atoms with Crippen molar-refractivity contribution in [2.24, 2.45) is 0 Å². The molecule has 5 heterocycles. The minimum absolute atomic E-state index is 0.0400. The summed E-state index contributed by atoms with van der Waals surface area (Å²) >= 11 is 0. The van der Waals surface area contributed by atoms with Crippen LogP contribution in [0.5, 0.6) is 0 Å². The summed E-state index contributed by atoms with van der Waals surface area (Å²) in [5, 5.41) is 23.7. The number of H-pyrrole nitrogens is 1. The van der Waals surface area contributed by atoms with Gasteiger partial charge in [-0.2, -0.15) is 10.5 Å². The number of hydrogen-bond donors (Lipinski definition) is 3. The number of carbonyl (C=O) groups is 4. The van der Waals surface area contributed by atoms with E-state index in [9.17, 15) is 19.2 Å². The first-order valence-corrected chi connectivity index (χ1v) is 22.0. The van der Waals surface area contributed by atoms with Crippen molar-refractivity contribution < 1.29 is 19.2 Å². The van der Waals surface area contributed by atoms with Gasteiger partial charge in [0.1, 0.15) is 11.8 Å². The number of piperidine rings is 2. The summed E-state index contributed by atoms with van der Waals surface area (Å²) in [7, 11) is 0. The summed E-state index contributed by atoms with van der Waals surface area (Å²) in [5.74, 6) is 0.0490. The topological polar surface area (TPSA) is 214 Å². The third-order valence-electron chi connectivity index (χ3n) is 12.4. The van der Waals surface area contributed by atoms with E-state index in [1.54, 1.807) is 30.3 Å². The first-order valence-electron chi connectivity index (χ1n) is 22.0. The number of nitrogens with one attached hydrogen (secondary N) is 3. The van der Waals surface area contributed by atoms with E-state index < -0.39 is 0 Å². The van der Waals surface area contributed by atoms with Gasteiger partial charge in [-0.05, 0) is 128 Å². The molecule has 0 radical (unpaired) electrons. The Bertz CT molecular complexity index is 3010. The Kier molecular flexibility index (Phi) is 13.8. The second kappa shape index (κ2) is 20.5. The van der Waals surface area contributed by atoms with E-state index in [-0.39, 0.29) is 23.6 Å². The van der Waals surface area contributed by atoms with Crippen LogP contribution in [0.15, 0.2) is 122 Å². The molecule has 3 N–H and O–H groups in total. The summed E-state index contributed by atoms with van der Waals surface area (Å²) in [6.45, 7) is 6.43. The number of amides is 4. The van der Waals surface area contributed by atoms with E-state index in [0.717, 1.165) is 36.8 Å². The van der Waals surface area contributed by atoms with Crippen LogP contribution in [0.3, 0.4) is 0 Å². The van der Waals surface area contributed by atoms with E-state index in [4.69, 9.17) is 10.5 Å². The first-order chi connectivity index (χ1) is 32.6. The Morgan fingerprint density at radius 2 is 1.04 bits per heavy atom. The Morgan fingerprint density at radius 3 is 1.51 bits per heavy atom. The van der Waals surface area contributed by atoms with Crippen LogP contribution in [-0.4, -0.2) is 84.5 Å². The van der Waals surface area contributed by atoms with Crippen molar-refractivity contribution in [3.05, 3.63) is 178 Å². The zero-order valence-corrected chi connectivity index (χ0v) is 37.1. The molecule has 2 saturated heterocycles. The van der Waals surface area contributed by atoms with Crippen LogP contribution < -0.4 is 10.6 Å². The largest absolute Gasteiger partial charge is 0.339 e. The molecule has 15 heteroatoms. The monoisotopic (exact) mass is 889 g/mol. The van der Waals surface area contributed by atoms with Crippen molar-refractivity contribution in [3.8, 4) is 12.1 Å². The van der Waals surface area contributed by atoms with Crippen molar-refractivity contribution in [1.82, 2.24) is 34.7 Å². The molecule has 0 spiro atoms. The number of benzene rings is 4. The van der Waals surface area contributed by atoms with E-state index in [2.05, 4.69) is 47.7 Å². The molecule has 2 fully saturated rings. The lowest BCUT2D eigenvalue weighted by molar-refractivity contribution is 0.0705. The lowest BCUT2D eigenvalue weighted by Gasteiger charge is -2.32. The second-order valence-electron chi connectivity index (χ2n) is 16.7. The van der Waals surface area contributed by atoms with Crippen LogP contribution in [0, 0.1) is 36.5 Å². The molecule has 7 aromatic rings. The number of nitriles is 2. The van der Waals surface area contributed by atoms with Gasteiger partial charge in [0, 0.05) is 67.3 Å². The number of fused-ring (bicyclic) bond motifs is 1. The molecule has 2 aliphatic rings. The molecule has 0 saturated carbocycles. The number of nitrogens with zero attached hydrogens (tertiary/aromatic N) is 8. The van der Waals surface area contributed by atoms with Crippen LogP contribution in [0.4, 0.5) is 11.4 Å². The third kappa shape index (κ3) is 10.7. The third-order valence-corrected chi connectivity index (χ3v) is 12.4. The van der Waals surface area contributed by atoms with Crippen LogP contribution in [0.25, 0.3) is 11.2 Å². The number of carbonyl (C=O) groups excluding carboxylic acids is 4. The minimum Gasteiger partial charge on any atom is -0.339 e. The second-order valence-corrected chi connectivity index (χ2v) is 16.7. The number of aryl methyl sites for hydroxylation is 2. The smallest absolute Gasteiger partial charge is 0.258 e. The van der Waals surface area contributed by atoms with Crippen molar-refractivity contribution in [2.45, 2.75) is 51.4 Å². The normalized spacial score (nSPS) is 14.0. The maximum absolute atomic E-state index is 13.2. The SMILES string of the molecule is Cc1ccc(C(=O)N2CCC(c3ccc(C#N)cc3)CC2)cc1NC(=O)c1cnc2[nH]cnc2c1.Cc1ccc(C(=O)N2CCC(c3ccc(C#N)cc3)CC2)cc1NC(=O)c1cncnc1. The number of pyridine rings is 1. The van der Waals surface area contributed by atoms with Gasteiger partial charge >= 0.3 is 0 Å². The quantitative estimate of drug-likeness (QED) is 0.133. The van der Waals surface area contributed by atoms with E-state index in [1.807, 2.05) is 84.3 Å². The number of rotatable bonds is 8. The Hall–Kier alpha value is -8.56. The molecular weight excluding hydrogens is 843 g/mol. The molecule has 4 aromatic carbocycles. The number of hydrogen-bond acceptors (Lipinski definition) is 10. The highest BCUT2D eigenvalue weighted by Gasteiger charge is 2.27. The van der Waals surface area contributed by atoms with Gasteiger partial charge in [0.05, 0.1) is 40.7 Å². The Balaban J connectivity index is 0.000000182. The van der Waals surface area contributed by atoms with Crippen molar-refractivity contribution >= 4 is 46.2 Å². The summed E-state index contributed by atoms with van der Waals surface area (Å²) in [6, 6.07) is 32.1. The predicted molar refractivity (Wildman–Crippen MR) is 252 cm³/mol. The number of aromatic amines is 1. The highest BCUT2D eigenvalue weighted by atomic mass is 16.2. The van der Waals surface area contributed by atoms with E-state index >= 15 is 0 Å². The highest BCUT2D eigenvalue weighted by Crippen LogP contribution is 2.31. The van der Waals surface area contributed by atoms with Gasteiger partial charge in [0.2, 0.25) is 0 Å². The molecule has 0 bridgehead atoms. The molecular formula is C52H47N11O4. The van der Waals surface area contributed by atoms with Gasteiger partial charge in [0.25, 0.3) is 23.6 Å². The number of aromatic nitrogens is 5. The van der Waals surface area contributed by atoms with Crippen molar-refractivity contribution in [1.29, 1.82) is 10.5 Å². The maximum atomic E-state index is 13.2. The average Bonchev–Trinajstić information content (AvgIpc) is 3.86. The fourth-order valence-corrected chi connectivity index (χ4v) is 8.39. The van der Waals surface area contributed by atoms with Gasteiger partial charge in [0.15, 0.2) is 5.65 Å². The zero-order valence-electron chi connectivity index (χ0n) is 37.1. The van der Waals surface area contributed by atoms with Crippen LogP contribution in [0.1, 0.15) is 112 Å². The number of likely N-dealkylation sites (tertiary alicyclic amines) is 2. The van der Waals surface area contributed by atoms with Gasteiger partial charge in [-0.15, -0.1) is 0 Å². The molecule has 334 valence electrons. The molecule has 0 unspecified atom stereocenters. The zero-order chi connectivity index (χ0) is 46.9. The fraction of sp³-hybridized carbons (Fsp3) is 0.231. The molecule has 9 rings (SSSR count). The summed E-state index contributed by atoms with van der Waals surface area (Å²) in [4.78, 5) is 74.3. The molecule has 67 heavy (non-hydrogen) atoms. The fourth-order valence-electron chi connectivity index (χ4n) is 8.39. The highest BCUT2D eigenvalue weighted by molar-refractivity contribution is 6.07. The number of anilines is 2. The Labute approximate surface area is 387 Å². The molecule has 0 atom stereocenters. The lowest BCUT2D eigenvalue weighted by atomic mass is 9.89. The molecule has 4 amide bonds. The minimum atomic E-state index is -0.318. The van der Waals surface area contributed by atoms with Gasteiger partial charge in [-0.3, -0.25) is 19.2 Å². The summed E-state index contributed by atoms with van der Waals surface area (Å²) in [5.41, 5.74) is 9.72. The van der Waals surface area contributed by atoms with E-state index in [0.29, 0.717) is 93.9 Å². The molecule has 0 aliphatic carbocycles. The van der Waals surface area contributed by atoms with Gasteiger partial charge in [-0.25, -0.2) is 19.9 Å². The lowest BCUT2D eigenvalue weighted by Crippen LogP contribution is -2.38. The molecule has 3 aromatic heterocycles. The van der Waals surface area contributed by atoms with Crippen LogP contribution in [-0.2, 0) is 0 Å². The van der Waals surface area contributed by atoms with Crippen LogP contribution >= 0.6 is 0 Å². The van der Waals surface area contributed by atoms with Crippen LogP contribution in [0.2, 0.25) is 0 Å². The standard InChI is InChI=1S/C27H24N6O2.C25H23N5O2/c1-17-2-5-21(12-23(17)32-26(34)22-13-24-25(29-15-22)31-16-30-24)27(35)33-10-8-20(9-11-33)19-6-3-18(14-28)4-7-19;1-17-2-5-21(12-23(17)29-24(31)22-14-27-16-28-15-22)25(32)30-10-8-20(9-11-30)19-6-3-18(13-26)4-7-19/h2-7,12-13,15-16,20H,8-11H2,1H3,(H,32,34)(H,29,30,31);2-7,12,14-16,20H,8-11H2,1H3,(H,29,31). The maximum Gasteiger partial charge on any atom is 0.258 e. The van der Waals surface area contributed by atoms with Crippen molar-refractivity contribution in [2.75, 3.05) is 36.8 Å². The van der Waals surface area contributed by atoms with E-state index in [1.165, 1.54) is 42.4 Å². The average molecular weight is 890 g/mol. The Morgan fingerprint density at radius 1 is 0.582 bits per heavy atom.